The third-order valence-corrected chi connectivity index (χ3v) is 9.05. The highest BCUT2D eigenvalue weighted by Crippen LogP contribution is 2.50. The number of benzene rings is 2. The molecule has 0 radical (unpaired) electrons. The number of rotatable bonds is 6. The van der Waals surface area contributed by atoms with E-state index in [9.17, 15) is 32.3 Å². The fourth-order valence-electron chi connectivity index (χ4n) is 6.58. The molecule has 216 valence electrons. The zero-order valence-corrected chi connectivity index (χ0v) is 22.6. The van der Waals surface area contributed by atoms with Gasteiger partial charge in [-0.1, -0.05) is 12.1 Å². The van der Waals surface area contributed by atoms with Crippen molar-refractivity contribution in [2.75, 3.05) is 4.90 Å². The Hall–Kier alpha value is -3.96. The third kappa shape index (κ3) is 4.34. The molecule has 41 heavy (non-hydrogen) atoms. The van der Waals surface area contributed by atoms with E-state index < -0.39 is 40.9 Å². The summed E-state index contributed by atoms with van der Waals surface area (Å²) in [5, 5.41) is 18.0. The van der Waals surface area contributed by atoms with Gasteiger partial charge in [0.2, 0.25) is 0 Å². The van der Waals surface area contributed by atoms with Crippen molar-refractivity contribution in [1.82, 2.24) is 19.7 Å². The molecule has 2 aromatic carbocycles. The lowest BCUT2D eigenvalue weighted by atomic mass is 9.62. The van der Waals surface area contributed by atoms with Crippen molar-refractivity contribution in [1.29, 1.82) is 0 Å². The van der Waals surface area contributed by atoms with Gasteiger partial charge >= 0.3 is 12.3 Å². The standard InChI is InChI=1S/C29H29F4N5O3/c1-27(7-4-8-27)38(26(40)41)14-17-9-21-22(23(10-17)29(31,32)33)15-37(24(21)39)20-6-3-5-18(11-20)28(12-19(30)13-28)25-35-34-16-36(25)2/h3,5-6,9-11,16,19H,4,7-8,12-15H2,1-2H3,(H,40,41)/t19-,28-. The molecule has 0 bridgehead atoms. The smallest absolute Gasteiger partial charge is 0.416 e. The maximum atomic E-state index is 14.3. The number of nitrogens with zero attached hydrogens (tertiary/aromatic N) is 5. The molecule has 2 fully saturated rings. The van der Waals surface area contributed by atoms with Crippen LogP contribution in [-0.4, -0.2) is 48.5 Å². The molecule has 0 unspecified atom stereocenters. The Balaban J connectivity index is 1.37. The van der Waals surface area contributed by atoms with Gasteiger partial charge in [0.1, 0.15) is 18.3 Å². The lowest BCUT2D eigenvalue weighted by molar-refractivity contribution is -0.138. The van der Waals surface area contributed by atoms with Gasteiger partial charge in [-0.3, -0.25) is 9.69 Å². The number of halogens is 4. The summed E-state index contributed by atoms with van der Waals surface area (Å²) in [6, 6.07) is 9.20. The van der Waals surface area contributed by atoms with Gasteiger partial charge in [0.05, 0.1) is 17.5 Å². The Morgan fingerprint density at radius 1 is 1.20 bits per heavy atom. The highest BCUT2D eigenvalue weighted by atomic mass is 19.4. The van der Waals surface area contributed by atoms with Crippen LogP contribution in [0.25, 0.3) is 0 Å². The van der Waals surface area contributed by atoms with Gasteiger partial charge in [0.15, 0.2) is 0 Å². The van der Waals surface area contributed by atoms with E-state index in [-0.39, 0.29) is 42.6 Å². The molecule has 0 saturated heterocycles. The van der Waals surface area contributed by atoms with Gasteiger partial charge in [-0.15, -0.1) is 10.2 Å². The van der Waals surface area contributed by atoms with Crippen molar-refractivity contribution >= 4 is 17.7 Å². The summed E-state index contributed by atoms with van der Waals surface area (Å²) >= 11 is 0. The molecule has 1 aliphatic heterocycles. The Morgan fingerprint density at radius 3 is 2.49 bits per heavy atom. The molecule has 1 N–H and O–H groups in total. The second-order valence-electron chi connectivity index (χ2n) is 11.7. The SMILES string of the molecule is Cn1cnnc1[C@]1(c2cccc(N3Cc4c(cc(CN(C(=O)O)C5(C)CCC5)cc4C(F)(F)F)C3=O)c2)C[C@@H](F)C1. The predicted molar refractivity (Wildman–Crippen MR) is 140 cm³/mol. The van der Waals surface area contributed by atoms with E-state index in [1.165, 1.54) is 22.2 Å². The average Bonchev–Trinajstić information content (AvgIpc) is 3.46. The average molecular weight is 572 g/mol. The molecule has 8 nitrogen and oxygen atoms in total. The van der Waals surface area contributed by atoms with Crippen LogP contribution in [0.2, 0.25) is 0 Å². The summed E-state index contributed by atoms with van der Waals surface area (Å²) in [6.45, 7) is 1.23. The fraction of sp³-hybridized carbons (Fsp3) is 0.448. The predicted octanol–water partition coefficient (Wildman–Crippen LogP) is 5.83. The van der Waals surface area contributed by atoms with Crippen molar-refractivity contribution in [3.63, 3.8) is 0 Å². The number of hydrogen-bond acceptors (Lipinski definition) is 4. The Morgan fingerprint density at radius 2 is 1.93 bits per heavy atom. The van der Waals surface area contributed by atoms with E-state index in [2.05, 4.69) is 10.2 Å². The molecule has 3 aliphatic rings. The van der Waals surface area contributed by atoms with Crippen molar-refractivity contribution in [3.05, 3.63) is 76.4 Å². The van der Waals surface area contributed by atoms with E-state index in [0.717, 1.165) is 12.5 Å². The van der Waals surface area contributed by atoms with E-state index in [4.69, 9.17) is 0 Å². The molecule has 2 saturated carbocycles. The molecule has 2 heterocycles. The van der Waals surface area contributed by atoms with E-state index in [0.29, 0.717) is 29.9 Å². The zero-order valence-electron chi connectivity index (χ0n) is 22.6. The number of fused-ring (bicyclic) bond motifs is 1. The number of aromatic nitrogens is 3. The number of aryl methyl sites for hydroxylation is 1. The Bertz CT molecular complexity index is 1540. The van der Waals surface area contributed by atoms with Crippen molar-refractivity contribution in [2.45, 2.75) is 75.4 Å². The summed E-state index contributed by atoms with van der Waals surface area (Å²) in [4.78, 5) is 28.1. The summed E-state index contributed by atoms with van der Waals surface area (Å²) in [6.07, 6.45) is -3.02. The van der Waals surface area contributed by atoms with Crippen LogP contribution in [-0.2, 0) is 31.7 Å². The van der Waals surface area contributed by atoms with Gasteiger partial charge < -0.3 is 14.6 Å². The number of hydrogen-bond donors (Lipinski definition) is 1. The van der Waals surface area contributed by atoms with Crippen LogP contribution in [0.3, 0.4) is 0 Å². The minimum Gasteiger partial charge on any atom is -0.465 e. The summed E-state index contributed by atoms with van der Waals surface area (Å²) in [7, 11) is 1.76. The second-order valence-corrected chi connectivity index (χ2v) is 11.7. The summed E-state index contributed by atoms with van der Waals surface area (Å²) in [5.41, 5.74) is -1.42. The summed E-state index contributed by atoms with van der Waals surface area (Å²) in [5.74, 6) is -0.0300. The number of alkyl halides is 4. The molecular weight excluding hydrogens is 542 g/mol. The van der Waals surface area contributed by atoms with Crippen LogP contribution in [0.15, 0.2) is 42.7 Å². The monoisotopic (exact) mass is 571 g/mol. The fourth-order valence-corrected chi connectivity index (χ4v) is 6.58. The van der Waals surface area contributed by atoms with E-state index >= 15 is 0 Å². The molecule has 2 aliphatic carbocycles. The number of amides is 2. The van der Waals surface area contributed by atoms with Crippen LogP contribution in [0.5, 0.6) is 0 Å². The zero-order chi connectivity index (χ0) is 29.3. The molecule has 2 amide bonds. The van der Waals surface area contributed by atoms with E-state index in [1.807, 2.05) is 0 Å². The number of anilines is 1. The first-order valence-electron chi connectivity index (χ1n) is 13.5. The van der Waals surface area contributed by atoms with Crippen molar-refractivity contribution in [2.24, 2.45) is 7.05 Å². The molecule has 0 spiro atoms. The van der Waals surface area contributed by atoms with Gasteiger partial charge in [-0.25, -0.2) is 9.18 Å². The highest BCUT2D eigenvalue weighted by molar-refractivity contribution is 6.10. The molecule has 0 atom stereocenters. The highest BCUT2D eigenvalue weighted by Gasteiger charge is 2.51. The van der Waals surface area contributed by atoms with Gasteiger partial charge in [0.25, 0.3) is 5.91 Å². The molecule has 6 rings (SSSR count). The quantitative estimate of drug-likeness (QED) is 0.376. The molecular formula is C29H29F4N5O3. The molecule has 3 aromatic rings. The van der Waals surface area contributed by atoms with Crippen molar-refractivity contribution < 1.29 is 32.3 Å². The number of carbonyl (C=O) groups excluding carboxylic acids is 1. The first-order valence-corrected chi connectivity index (χ1v) is 13.5. The number of carbonyl (C=O) groups is 2. The topological polar surface area (TPSA) is 91.6 Å². The van der Waals surface area contributed by atoms with Crippen LogP contribution >= 0.6 is 0 Å². The first kappa shape index (κ1) is 27.2. The van der Waals surface area contributed by atoms with Gasteiger partial charge in [-0.05, 0) is 80.0 Å². The minimum absolute atomic E-state index is 0.0974. The molecule has 12 heteroatoms. The van der Waals surface area contributed by atoms with Crippen LogP contribution < -0.4 is 4.90 Å². The Labute approximate surface area is 233 Å². The summed E-state index contributed by atoms with van der Waals surface area (Å²) < 4.78 is 58.8. The number of carboxylic acid groups (broad SMARTS) is 1. The lowest BCUT2D eigenvalue weighted by Crippen LogP contribution is -2.53. The lowest BCUT2D eigenvalue weighted by Gasteiger charge is -2.46. The largest absolute Gasteiger partial charge is 0.465 e. The van der Waals surface area contributed by atoms with Gasteiger partial charge in [-0.2, -0.15) is 13.2 Å². The van der Waals surface area contributed by atoms with Gasteiger partial charge in [0, 0.05) is 30.4 Å². The molecule has 1 aromatic heterocycles. The van der Waals surface area contributed by atoms with Crippen LogP contribution in [0.4, 0.5) is 28.0 Å². The minimum atomic E-state index is -4.75. The van der Waals surface area contributed by atoms with Crippen LogP contribution in [0.1, 0.15) is 77.5 Å². The normalized spacial score (nSPS) is 23.1. The second kappa shape index (κ2) is 9.28. The van der Waals surface area contributed by atoms with E-state index in [1.54, 1.807) is 42.8 Å². The Kier molecular flexibility index (Phi) is 6.16. The maximum absolute atomic E-state index is 14.3. The third-order valence-electron chi connectivity index (χ3n) is 9.05. The first-order chi connectivity index (χ1) is 19.3. The maximum Gasteiger partial charge on any atom is 0.416 e. The van der Waals surface area contributed by atoms with Crippen molar-refractivity contribution in [3.8, 4) is 0 Å². The van der Waals surface area contributed by atoms with Crippen LogP contribution in [0, 0.1) is 0 Å².